The Morgan fingerprint density at radius 3 is 3.06 bits per heavy atom. The number of rotatable bonds is 2. The quantitative estimate of drug-likeness (QED) is 0.820. The van der Waals surface area contributed by atoms with Crippen molar-refractivity contribution in [2.45, 2.75) is 44.9 Å². The number of nitrogens with one attached hydrogen (secondary N) is 1. The van der Waals surface area contributed by atoms with Gasteiger partial charge >= 0.3 is 0 Å². The molecule has 2 aliphatic rings. The first-order valence-electron chi connectivity index (χ1n) is 7.15. The number of piperidine rings is 1. The average Bonchev–Trinajstić information content (AvgIpc) is 2.73. The number of fused-ring (bicyclic) bond motifs is 1. The van der Waals surface area contributed by atoms with Gasteiger partial charge in [0, 0.05) is 0 Å². The molecular formula is C16H23N. The maximum atomic E-state index is 3.52. The molecule has 0 spiro atoms. The lowest BCUT2D eigenvalue weighted by atomic mass is 9.90. The molecule has 0 aromatic heterocycles. The van der Waals surface area contributed by atoms with Crippen molar-refractivity contribution >= 4 is 0 Å². The summed E-state index contributed by atoms with van der Waals surface area (Å²) in [6, 6.07) is 7.23. The highest BCUT2D eigenvalue weighted by Gasteiger charge is 2.19. The fourth-order valence-corrected chi connectivity index (χ4v) is 3.42. The van der Waals surface area contributed by atoms with E-state index < -0.39 is 0 Å². The third kappa shape index (κ3) is 2.40. The fraction of sp³-hybridized carbons (Fsp3) is 0.625. The van der Waals surface area contributed by atoms with Crippen molar-refractivity contribution in [2.75, 3.05) is 13.1 Å². The van der Waals surface area contributed by atoms with Crippen molar-refractivity contribution in [3.05, 3.63) is 34.9 Å². The van der Waals surface area contributed by atoms with Crippen molar-refractivity contribution < 1.29 is 0 Å². The smallest absolute Gasteiger partial charge is 0.00173 e. The maximum Gasteiger partial charge on any atom is -0.00173 e. The van der Waals surface area contributed by atoms with E-state index in [2.05, 4.69) is 30.4 Å². The monoisotopic (exact) mass is 229 g/mol. The van der Waals surface area contributed by atoms with Crippen LogP contribution in [0, 0.1) is 5.92 Å². The van der Waals surface area contributed by atoms with E-state index in [1.807, 2.05) is 0 Å². The van der Waals surface area contributed by atoms with Crippen LogP contribution in [0.5, 0.6) is 0 Å². The Balaban J connectivity index is 1.73. The number of hydrogen-bond acceptors (Lipinski definition) is 1. The maximum absolute atomic E-state index is 3.52. The molecule has 3 rings (SSSR count). The predicted molar refractivity (Wildman–Crippen MR) is 72.5 cm³/mol. The van der Waals surface area contributed by atoms with Crippen LogP contribution in [0.15, 0.2) is 18.2 Å². The molecule has 92 valence electrons. The van der Waals surface area contributed by atoms with E-state index >= 15 is 0 Å². The van der Waals surface area contributed by atoms with E-state index in [1.54, 1.807) is 16.7 Å². The Kier molecular flexibility index (Phi) is 3.19. The zero-order valence-electron chi connectivity index (χ0n) is 10.8. The number of benzene rings is 1. The van der Waals surface area contributed by atoms with E-state index in [0.29, 0.717) is 0 Å². The second-order valence-electron chi connectivity index (χ2n) is 5.89. The molecule has 1 N–H and O–H groups in total. The van der Waals surface area contributed by atoms with Crippen LogP contribution in [0.25, 0.3) is 0 Å². The van der Waals surface area contributed by atoms with Gasteiger partial charge in [0.05, 0.1) is 0 Å². The minimum Gasteiger partial charge on any atom is -0.316 e. The van der Waals surface area contributed by atoms with E-state index in [9.17, 15) is 0 Å². The molecule has 1 nitrogen and oxygen atoms in total. The fourth-order valence-electron chi connectivity index (χ4n) is 3.42. The molecule has 1 saturated heterocycles. The number of aryl methyl sites for hydroxylation is 1. The SMILES string of the molecule is CC1CCc2ccc(CC3CCCNC3)cc21. The molecule has 2 unspecified atom stereocenters. The van der Waals surface area contributed by atoms with Crippen molar-refractivity contribution in [1.29, 1.82) is 0 Å². The summed E-state index contributed by atoms with van der Waals surface area (Å²) in [5, 5.41) is 3.52. The first-order chi connectivity index (χ1) is 8.33. The topological polar surface area (TPSA) is 12.0 Å². The van der Waals surface area contributed by atoms with Crippen molar-refractivity contribution in [3.63, 3.8) is 0 Å². The van der Waals surface area contributed by atoms with Gasteiger partial charge in [0.15, 0.2) is 0 Å². The van der Waals surface area contributed by atoms with Crippen LogP contribution in [0.4, 0.5) is 0 Å². The minimum atomic E-state index is 0.787. The highest BCUT2D eigenvalue weighted by Crippen LogP contribution is 2.33. The summed E-state index contributed by atoms with van der Waals surface area (Å²) in [6.45, 7) is 4.81. The molecular weight excluding hydrogens is 206 g/mol. The van der Waals surface area contributed by atoms with Crippen LogP contribution in [-0.4, -0.2) is 13.1 Å². The van der Waals surface area contributed by atoms with E-state index in [1.165, 1.54) is 45.2 Å². The second kappa shape index (κ2) is 4.81. The summed E-state index contributed by atoms with van der Waals surface area (Å²) in [7, 11) is 0. The molecule has 1 heterocycles. The lowest BCUT2D eigenvalue weighted by Gasteiger charge is -2.23. The minimum absolute atomic E-state index is 0.787. The van der Waals surface area contributed by atoms with Crippen LogP contribution in [0.3, 0.4) is 0 Å². The predicted octanol–water partition coefficient (Wildman–Crippen LogP) is 3.28. The molecule has 17 heavy (non-hydrogen) atoms. The van der Waals surface area contributed by atoms with Crippen molar-refractivity contribution in [1.82, 2.24) is 5.32 Å². The molecule has 1 aromatic carbocycles. The standard InChI is InChI=1S/C16H23N/c1-12-4-6-15-7-5-13(10-16(12)15)9-14-3-2-8-17-11-14/h5,7,10,12,14,17H,2-4,6,8-9,11H2,1H3. The van der Waals surface area contributed by atoms with Crippen molar-refractivity contribution in [3.8, 4) is 0 Å². The van der Waals surface area contributed by atoms with Gasteiger partial charge in [-0.05, 0) is 73.7 Å². The molecule has 1 aromatic rings. The summed E-state index contributed by atoms with van der Waals surface area (Å²) in [5.41, 5.74) is 4.79. The summed E-state index contributed by atoms with van der Waals surface area (Å²) in [4.78, 5) is 0. The summed E-state index contributed by atoms with van der Waals surface area (Å²) < 4.78 is 0. The van der Waals surface area contributed by atoms with Gasteiger partial charge in [-0.25, -0.2) is 0 Å². The molecule has 1 fully saturated rings. The molecule has 0 amide bonds. The highest BCUT2D eigenvalue weighted by atomic mass is 14.9. The zero-order valence-corrected chi connectivity index (χ0v) is 10.8. The zero-order chi connectivity index (χ0) is 11.7. The highest BCUT2D eigenvalue weighted by molar-refractivity contribution is 5.38. The first-order valence-corrected chi connectivity index (χ1v) is 7.15. The van der Waals surface area contributed by atoms with Crippen LogP contribution in [0.1, 0.15) is 48.8 Å². The van der Waals surface area contributed by atoms with E-state index in [0.717, 1.165) is 11.8 Å². The molecule has 1 aliphatic carbocycles. The molecule has 0 saturated carbocycles. The number of hydrogen-bond donors (Lipinski definition) is 1. The second-order valence-corrected chi connectivity index (χ2v) is 5.89. The molecule has 1 heteroatoms. The largest absolute Gasteiger partial charge is 0.316 e. The van der Waals surface area contributed by atoms with Crippen LogP contribution < -0.4 is 5.32 Å². The Labute approximate surface area is 105 Å². The van der Waals surface area contributed by atoms with Crippen LogP contribution in [0.2, 0.25) is 0 Å². The Morgan fingerprint density at radius 1 is 1.29 bits per heavy atom. The Hall–Kier alpha value is -0.820. The normalized spacial score (nSPS) is 28.1. The van der Waals surface area contributed by atoms with Crippen LogP contribution >= 0.6 is 0 Å². The van der Waals surface area contributed by atoms with E-state index in [4.69, 9.17) is 0 Å². The van der Waals surface area contributed by atoms with Crippen LogP contribution in [-0.2, 0) is 12.8 Å². The van der Waals surface area contributed by atoms with Gasteiger partial charge in [0.1, 0.15) is 0 Å². The summed E-state index contributed by atoms with van der Waals surface area (Å²) >= 11 is 0. The Morgan fingerprint density at radius 2 is 2.24 bits per heavy atom. The lowest BCUT2D eigenvalue weighted by molar-refractivity contribution is 0.376. The van der Waals surface area contributed by atoms with Gasteiger partial charge in [-0.15, -0.1) is 0 Å². The van der Waals surface area contributed by atoms with Crippen molar-refractivity contribution in [2.24, 2.45) is 5.92 Å². The lowest BCUT2D eigenvalue weighted by Crippen LogP contribution is -2.30. The molecule has 1 aliphatic heterocycles. The molecule has 0 radical (unpaired) electrons. The van der Waals surface area contributed by atoms with Gasteiger partial charge in [0.2, 0.25) is 0 Å². The van der Waals surface area contributed by atoms with Gasteiger partial charge in [0.25, 0.3) is 0 Å². The molecule has 0 bridgehead atoms. The van der Waals surface area contributed by atoms with Gasteiger partial charge in [-0.1, -0.05) is 25.1 Å². The summed E-state index contributed by atoms with van der Waals surface area (Å²) in [5.74, 6) is 1.65. The average molecular weight is 229 g/mol. The van der Waals surface area contributed by atoms with E-state index in [-0.39, 0.29) is 0 Å². The molecule has 2 atom stereocenters. The van der Waals surface area contributed by atoms with Gasteiger partial charge in [-0.3, -0.25) is 0 Å². The Bertz CT molecular complexity index is 391. The third-order valence-electron chi connectivity index (χ3n) is 4.51. The van der Waals surface area contributed by atoms with Gasteiger partial charge < -0.3 is 5.32 Å². The van der Waals surface area contributed by atoms with Gasteiger partial charge in [-0.2, -0.15) is 0 Å². The third-order valence-corrected chi connectivity index (χ3v) is 4.51. The first kappa shape index (κ1) is 11.3. The summed E-state index contributed by atoms with van der Waals surface area (Å²) in [6.07, 6.45) is 6.67.